The Bertz CT molecular complexity index is 148. The monoisotopic (exact) mass is 260 g/mol. The van der Waals surface area contributed by atoms with E-state index in [4.69, 9.17) is 5.11 Å². The Balaban J connectivity index is 0.000000640. The maximum Gasteiger partial charge on any atom is 0.115 e. The van der Waals surface area contributed by atoms with Gasteiger partial charge in [0.15, 0.2) is 0 Å². The predicted octanol–water partition coefficient (Wildman–Crippen LogP) is 1.70. The van der Waals surface area contributed by atoms with Gasteiger partial charge in [0.25, 0.3) is 0 Å². The molecule has 1 rings (SSSR count). The third-order valence-electron chi connectivity index (χ3n) is 1.03. The fraction of sp³-hybridized carbons (Fsp3) is 0.143. The van der Waals surface area contributed by atoms with Crippen molar-refractivity contribution in [2.24, 2.45) is 0 Å². The molecule has 0 saturated heterocycles. The number of aryl methyl sites for hydroxylation is 1. The van der Waals surface area contributed by atoms with E-state index in [-0.39, 0.29) is 40.4 Å². The van der Waals surface area contributed by atoms with Gasteiger partial charge in [-0.2, -0.15) is 0 Å². The summed E-state index contributed by atoms with van der Waals surface area (Å²) in [6, 6.07) is 7.09. The molecule has 1 N–H and O–H groups in total. The molecule has 0 bridgehead atoms. The summed E-state index contributed by atoms with van der Waals surface area (Å²) < 4.78 is 0. The average molecular weight is 258 g/mol. The normalized spacial score (nSPS) is 8.11. The van der Waals surface area contributed by atoms with Gasteiger partial charge in [0.2, 0.25) is 0 Å². The minimum Gasteiger partial charge on any atom is -0.508 e. The number of hydrogen-bond donors (Lipinski definition) is 1. The first-order valence-corrected chi connectivity index (χ1v) is 2.54. The predicted molar refractivity (Wildman–Crippen MR) is 32.8 cm³/mol. The molecule has 0 aliphatic carbocycles. The zero-order valence-electron chi connectivity index (χ0n) is 5.16. The minimum absolute atomic E-state index is 0. The largest absolute Gasteiger partial charge is 0.508 e. The second-order valence-corrected chi connectivity index (χ2v) is 1.84. The second-order valence-electron chi connectivity index (χ2n) is 1.84. The van der Waals surface area contributed by atoms with Gasteiger partial charge in [0, 0.05) is 40.4 Å². The van der Waals surface area contributed by atoms with E-state index >= 15 is 0 Å². The summed E-state index contributed by atoms with van der Waals surface area (Å²) in [6.45, 7) is 1.99. The number of rotatable bonds is 0. The summed E-state index contributed by atoms with van der Waals surface area (Å²) in [5, 5.41) is 8.76. The van der Waals surface area contributed by atoms with E-state index in [1.165, 1.54) is 5.56 Å². The molecule has 0 fully saturated rings. The molecular formula is C7H8OSm. The van der Waals surface area contributed by atoms with E-state index in [9.17, 15) is 0 Å². The average Bonchev–Trinajstić information content (AvgIpc) is 1.77. The van der Waals surface area contributed by atoms with Crippen molar-refractivity contribution in [2.75, 3.05) is 0 Å². The minimum atomic E-state index is 0. The van der Waals surface area contributed by atoms with Gasteiger partial charge >= 0.3 is 0 Å². The van der Waals surface area contributed by atoms with Gasteiger partial charge in [-0.25, -0.2) is 0 Å². The SMILES string of the molecule is Cc1ccc(O)cc1.[Sm]. The summed E-state index contributed by atoms with van der Waals surface area (Å²) in [4.78, 5) is 0. The van der Waals surface area contributed by atoms with Crippen LogP contribution >= 0.6 is 0 Å². The van der Waals surface area contributed by atoms with Crippen LogP contribution < -0.4 is 0 Å². The number of aromatic hydroxyl groups is 1. The molecule has 0 heterocycles. The third-order valence-corrected chi connectivity index (χ3v) is 1.03. The fourth-order valence-electron chi connectivity index (χ4n) is 0.545. The molecule has 0 unspecified atom stereocenters. The number of benzene rings is 1. The molecule has 0 amide bonds. The first-order chi connectivity index (χ1) is 3.79. The van der Waals surface area contributed by atoms with Gasteiger partial charge in [-0.1, -0.05) is 17.7 Å². The molecule has 1 nitrogen and oxygen atoms in total. The zero-order chi connectivity index (χ0) is 5.98. The first kappa shape index (κ1) is 9.36. The van der Waals surface area contributed by atoms with Crippen molar-refractivity contribution in [3.05, 3.63) is 29.8 Å². The quantitative estimate of drug-likeness (QED) is 0.751. The van der Waals surface area contributed by atoms with E-state index in [0.717, 1.165) is 0 Å². The van der Waals surface area contributed by atoms with Gasteiger partial charge in [-0.05, 0) is 19.1 Å². The van der Waals surface area contributed by atoms with E-state index in [1.54, 1.807) is 12.1 Å². The molecule has 0 radical (unpaired) electrons. The molecule has 0 aliphatic rings. The van der Waals surface area contributed by atoms with Gasteiger partial charge in [0.05, 0.1) is 0 Å². The Kier molecular flexibility index (Phi) is 4.38. The van der Waals surface area contributed by atoms with Crippen LogP contribution in [0.1, 0.15) is 5.56 Å². The Morgan fingerprint density at radius 2 is 1.56 bits per heavy atom. The molecular weight excluding hydrogens is 250 g/mol. The van der Waals surface area contributed by atoms with E-state index in [2.05, 4.69) is 0 Å². The smallest absolute Gasteiger partial charge is 0.115 e. The molecule has 0 atom stereocenters. The summed E-state index contributed by atoms with van der Waals surface area (Å²) >= 11 is 0. The first-order valence-electron chi connectivity index (χ1n) is 2.54. The van der Waals surface area contributed by atoms with E-state index in [1.807, 2.05) is 19.1 Å². The van der Waals surface area contributed by atoms with Crippen molar-refractivity contribution in [1.29, 1.82) is 0 Å². The van der Waals surface area contributed by atoms with Crippen LogP contribution in [0.3, 0.4) is 0 Å². The zero-order valence-corrected chi connectivity index (χ0v) is 7.78. The Morgan fingerprint density at radius 3 is 1.89 bits per heavy atom. The topological polar surface area (TPSA) is 20.2 Å². The molecule has 9 heavy (non-hydrogen) atoms. The Hall–Kier alpha value is 0.358. The molecule has 1 aromatic rings. The maximum absolute atomic E-state index is 8.76. The van der Waals surface area contributed by atoms with Crippen molar-refractivity contribution in [1.82, 2.24) is 0 Å². The summed E-state index contributed by atoms with van der Waals surface area (Å²) in [7, 11) is 0. The van der Waals surface area contributed by atoms with Crippen LogP contribution in [0.5, 0.6) is 5.75 Å². The van der Waals surface area contributed by atoms with Gasteiger partial charge in [-0.15, -0.1) is 0 Å². The summed E-state index contributed by atoms with van der Waals surface area (Å²) in [5.41, 5.74) is 1.17. The molecule has 1 aromatic carbocycles. The van der Waals surface area contributed by atoms with E-state index < -0.39 is 0 Å². The molecule has 2 heteroatoms. The molecule has 0 aromatic heterocycles. The van der Waals surface area contributed by atoms with Crippen LogP contribution in [0.4, 0.5) is 0 Å². The number of hydrogen-bond acceptors (Lipinski definition) is 1. The van der Waals surface area contributed by atoms with Crippen LogP contribution in [0.15, 0.2) is 24.3 Å². The molecule has 48 valence electrons. The van der Waals surface area contributed by atoms with Crippen molar-refractivity contribution in [3.63, 3.8) is 0 Å². The summed E-state index contributed by atoms with van der Waals surface area (Å²) in [5.74, 6) is 0.329. The Labute approximate surface area is 87.2 Å². The third kappa shape index (κ3) is 3.15. The standard InChI is InChI=1S/C7H8O.Sm/c1-6-2-4-7(8)5-3-6;/h2-5,8H,1H3;. The number of phenolic OH excluding ortho intramolecular Hbond substituents is 1. The van der Waals surface area contributed by atoms with Gasteiger partial charge in [0.1, 0.15) is 5.75 Å². The van der Waals surface area contributed by atoms with E-state index in [0.29, 0.717) is 5.75 Å². The molecule has 0 saturated carbocycles. The van der Waals surface area contributed by atoms with Gasteiger partial charge in [-0.3, -0.25) is 0 Å². The van der Waals surface area contributed by atoms with Crippen LogP contribution in [0.2, 0.25) is 0 Å². The van der Waals surface area contributed by atoms with Crippen molar-refractivity contribution in [2.45, 2.75) is 6.92 Å². The molecule has 0 spiro atoms. The van der Waals surface area contributed by atoms with Crippen molar-refractivity contribution >= 4 is 0 Å². The fourth-order valence-corrected chi connectivity index (χ4v) is 0.545. The van der Waals surface area contributed by atoms with Crippen LogP contribution in [-0.4, -0.2) is 5.11 Å². The maximum atomic E-state index is 8.76. The van der Waals surface area contributed by atoms with Crippen LogP contribution in [0.25, 0.3) is 0 Å². The van der Waals surface area contributed by atoms with Crippen LogP contribution in [0, 0.1) is 47.3 Å². The molecule has 0 aliphatic heterocycles. The van der Waals surface area contributed by atoms with Crippen LogP contribution in [-0.2, 0) is 0 Å². The van der Waals surface area contributed by atoms with Crippen molar-refractivity contribution in [3.8, 4) is 5.75 Å². The van der Waals surface area contributed by atoms with Gasteiger partial charge < -0.3 is 5.11 Å². The number of phenols is 1. The summed E-state index contributed by atoms with van der Waals surface area (Å²) in [6.07, 6.45) is 0. The Morgan fingerprint density at radius 1 is 1.11 bits per heavy atom. The second kappa shape index (κ2) is 4.22. The van der Waals surface area contributed by atoms with Crippen molar-refractivity contribution < 1.29 is 45.5 Å².